The van der Waals surface area contributed by atoms with E-state index in [9.17, 15) is 13.2 Å². The fourth-order valence-corrected chi connectivity index (χ4v) is 2.91. The summed E-state index contributed by atoms with van der Waals surface area (Å²) in [6.07, 6.45) is 0. The standard InChI is InChI=1S/C10H14N4O3S/c11-13-9-3-1-2-8(12-9)10(15)14-4-6-18(16,17)7-5-14/h1-3H,4-7,11H2,(H,12,13). The van der Waals surface area contributed by atoms with E-state index in [2.05, 4.69) is 10.4 Å². The van der Waals surface area contributed by atoms with Crippen molar-refractivity contribution in [2.75, 3.05) is 30.0 Å². The number of carbonyl (C=O) groups excluding carboxylic acids is 1. The number of nitrogens with one attached hydrogen (secondary N) is 1. The van der Waals surface area contributed by atoms with Gasteiger partial charge in [-0.2, -0.15) is 0 Å². The highest BCUT2D eigenvalue weighted by Gasteiger charge is 2.26. The number of hydrogen-bond acceptors (Lipinski definition) is 6. The minimum atomic E-state index is -2.99. The first-order valence-electron chi connectivity index (χ1n) is 5.45. The number of hydrazine groups is 1. The third-order valence-electron chi connectivity index (χ3n) is 2.75. The molecule has 0 atom stereocenters. The fourth-order valence-electron chi connectivity index (χ4n) is 1.71. The third-order valence-corrected chi connectivity index (χ3v) is 4.36. The van der Waals surface area contributed by atoms with Gasteiger partial charge >= 0.3 is 0 Å². The molecule has 3 N–H and O–H groups in total. The molecule has 0 aromatic carbocycles. The van der Waals surface area contributed by atoms with Gasteiger partial charge in [0.25, 0.3) is 5.91 Å². The number of nitrogens with zero attached hydrogens (tertiary/aromatic N) is 2. The second kappa shape index (κ2) is 4.91. The molecule has 1 aromatic rings. The van der Waals surface area contributed by atoms with Crippen molar-refractivity contribution in [1.29, 1.82) is 0 Å². The molecule has 1 saturated heterocycles. The minimum absolute atomic E-state index is 0.00751. The highest BCUT2D eigenvalue weighted by atomic mass is 32.2. The summed E-state index contributed by atoms with van der Waals surface area (Å²) in [5.41, 5.74) is 2.61. The van der Waals surface area contributed by atoms with Crippen LogP contribution in [0.3, 0.4) is 0 Å². The average Bonchev–Trinajstić information content (AvgIpc) is 2.38. The lowest BCUT2D eigenvalue weighted by molar-refractivity contribution is 0.0764. The van der Waals surface area contributed by atoms with Crippen LogP contribution in [0.15, 0.2) is 18.2 Å². The number of nitrogens with two attached hydrogens (primary N) is 1. The van der Waals surface area contributed by atoms with Crippen molar-refractivity contribution in [2.45, 2.75) is 0 Å². The van der Waals surface area contributed by atoms with Gasteiger partial charge in [-0.05, 0) is 12.1 Å². The van der Waals surface area contributed by atoms with E-state index < -0.39 is 9.84 Å². The van der Waals surface area contributed by atoms with Gasteiger partial charge in [0.15, 0.2) is 9.84 Å². The topological polar surface area (TPSA) is 105 Å². The maximum absolute atomic E-state index is 12.1. The summed E-state index contributed by atoms with van der Waals surface area (Å²) in [6.45, 7) is 0.423. The van der Waals surface area contributed by atoms with Crippen LogP contribution in [0.2, 0.25) is 0 Å². The lowest BCUT2D eigenvalue weighted by atomic mass is 10.3. The van der Waals surface area contributed by atoms with E-state index in [4.69, 9.17) is 5.84 Å². The Morgan fingerprint density at radius 2 is 2.00 bits per heavy atom. The summed E-state index contributed by atoms with van der Waals surface area (Å²) in [5, 5.41) is 0. The van der Waals surface area contributed by atoms with Crippen molar-refractivity contribution in [2.24, 2.45) is 5.84 Å². The van der Waals surface area contributed by atoms with Crippen molar-refractivity contribution in [3.63, 3.8) is 0 Å². The molecule has 1 aliphatic heterocycles. The number of nitrogen functional groups attached to an aromatic ring is 1. The molecule has 1 amide bonds. The van der Waals surface area contributed by atoms with Crippen molar-refractivity contribution >= 4 is 21.6 Å². The molecule has 1 fully saturated rings. The average molecular weight is 270 g/mol. The van der Waals surface area contributed by atoms with Crippen LogP contribution in [0, 0.1) is 0 Å². The second-order valence-corrected chi connectivity index (χ2v) is 6.30. The van der Waals surface area contributed by atoms with Crippen molar-refractivity contribution in [3.05, 3.63) is 23.9 Å². The van der Waals surface area contributed by atoms with E-state index >= 15 is 0 Å². The Bertz CT molecular complexity index is 544. The number of hydrogen-bond donors (Lipinski definition) is 2. The number of carbonyl (C=O) groups is 1. The number of pyridine rings is 1. The molecule has 1 aromatic heterocycles. The number of rotatable bonds is 2. The zero-order chi connectivity index (χ0) is 13.2. The summed E-state index contributed by atoms with van der Waals surface area (Å²) >= 11 is 0. The fraction of sp³-hybridized carbons (Fsp3) is 0.400. The normalized spacial score (nSPS) is 18.4. The summed E-state index contributed by atoms with van der Waals surface area (Å²) in [4.78, 5) is 17.6. The van der Waals surface area contributed by atoms with Crippen LogP contribution in [0.1, 0.15) is 10.5 Å². The van der Waals surface area contributed by atoms with Gasteiger partial charge in [-0.3, -0.25) is 4.79 Å². The van der Waals surface area contributed by atoms with E-state index in [0.29, 0.717) is 5.82 Å². The molecule has 0 spiro atoms. The maximum Gasteiger partial charge on any atom is 0.272 e. The Labute approximate surface area is 105 Å². The van der Waals surface area contributed by atoms with E-state index in [1.807, 2.05) is 0 Å². The van der Waals surface area contributed by atoms with Gasteiger partial charge in [-0.1, -0.05) is 6.07 Å². The first-order valence-corrected chi connectivity index (χ1v) is 7.27. The molecular weight excluding hydrogens is 256 g/mol. The third kappa shape index (κ3) is 2.77. The molecule has 18 heavy (non-hydrogen) atoms. The van der Waals surface area contributed by atoms with Crippen molar-refractivity contribution in [1.82, 2.24) is 9.88 Å². The predicted octanol–water partition coefficient (Wildman–Crippen LogP) is -0.762. The van der Waals surface area contributed by atoms with E-state index in [-0.39, 0.29) is 36.2 Å². The Hall–Kier alpha value is -1.67. The van der Waals surface area contributed by atoms with Crippen LogP contribution in [0.25, 0.3) is 0 Å². The first kappa shape index (κ1) is 12.8. The number of sulfone groups is 1. The molecule has 0 radical (unpaired) electrons. The number of amides is 1. The molecule has 2 heterocycles. The Balaban J connectivity index is 2.12. The Morgan fingerprint density at radius 3 is 2.61 bits per heavy atom. The van der Waals surface area contributed by atoms with Gasteiger partial charge in [0.05, 0.1) is 11.5 Å². The molecule has 0 unspecified atom stereocenters. The number of aromatic nitrogens is 1. The summed E-state index contributed by atoms with van der Waals surface area (Å²) in [5.74, 6) is 5.35. The maximum atomic E-state index is 12.1. The van der Waals surface area contributed by atoms with Crippen LogP contribution >= 0.6 is 0 Å². The molecule has 2 rings (SSSR count). The second-order valence-electron chi connectivity index (χ2n) is 4.00. The van der Waals surface area contributed by atoms with Crippen molar-refractivity contribution in [3.8, 4) is 0 Å². The van der Waals surface area contributed by atoms with Crippen LogP contribution in [-0.4, -0.2) is 48.8 Å². The molecule has 0 bridgehead atoms. The Morgan fingerprint density at radius 1 is 1.33 bits per heavy atom. The van der Waals surface area contributed by atoms with Crippen LogP contribution < -0.4 is 11.3 Å². The van der Waals surface area contributed by atoms with Gasteiger partial charge in [0, 0.05) is 13.1 Å². The van der Waals surface area contributed by atoms with E-state index in [1.54, 1.807) is 18.2 Å². The molecule has 8 heteroatoms. The highest BCUT2D eigenvalue weighted by molar-refractivity contribution is 7.91. The van der Waals surface area contributed by atoms with E-state index in [1.165, 1.54) is 4.90 Å². The summed E-state index contributed by atoms with van der Waals surface area (Å²) < 4.78 is 22.6. The first-order chi connectivity index (χ1) is 8.52. The van der Waals surface area contributed by atoms with Crippen LogP contribution in [0.5, 0.6) is 0 Å². The smallest absolute Gasteiger partial charge is 0.272 e. The van der Waals surface area contributed by atoms with Gasteiger partial charge in [0.1, 0.15) is 11.5 Å². The molecule has 0 aliphatic carbocycles. The molecule has 7 nitrogen and oxygen atoms in total. The summed E-state index contributed by atoms with van der Waals surface area (Å²) in [7, 11) is -2.99. The molecule has 1 aliphatic rings. The molecule has 98 valence electrons. The van der Waals surface area contributed by atoms with Crippen molar-refractivity contribution < 1.29 is 13.2 Å². The minimum Gasteiger partial charge on any atom is -0.335 e. The predicted molar refractivity (Wildman–Crippen MR) is 66.6 cm³/mol. The number of anilines is 1. The summed E-state index contributed by atoms with van der Waals surface area (Å²) in [6, 6.07) is 4.87. The van der Waals surface area contributed by atoms with Gasteiger partial charge in [0.2, 0.25) is 0 Å². The zero-order valence-corrected chi connectivity index (χ0v) is 10.5. The highest BCUT2D eigenvalue weighted by Crippen LogP contribution is 2.10. The quantitative estimate of drug-likeness (QED) is 0.540. The lowest BCUT2D eigenvalue weighted by Gasteiger charge is -2.26. The zero-order valence-electron chi connectivity index (χ0n) is 9.67. The van der Waals surface area contributed by atoms with Crippen LogP contribution in [0.4, 0.5) is 5.82 Å². The monoisotopic (exact) mass is 270 g/mol. The van der Waals surface area contributed by atoms with E-state index in [0.717, 1.165) is 0 Å². The van der Waals surface area contributed by atoms with Gasteiger partial charge < -0.3 is 10.3 Å². The Kier molecular flexibility index (Phi) is 3.48. The van der Waals surface area contributed by atoms with Gasteiger partial charge in [-0.15, -0.1) is 0 Å². The largest absolute Gasteiger partial charge is 0.335 e. The van der Waals surface area contributed by atoms with Crippen LogP contribution in [-0.2, 0) is 9.84 Å². The SMILES string of the molecule is NNc1cccc(C(=O)N2CCS(=O)(=O)CC2)n1. The molecular formula is C10H14N4O3S. The van der Waals surface area contributed by atoms with Gasteiger partial charge in [-0.25, -0.2) is 19.2 Å². The lowest BCUT2D eigenvalue weighted by Crippen LogP contribution is -2.44. The molecule has 0 saturated carbocycles.